The number of nitrogens with one attached hydrogen (secondary N) is 2. The van der Waals surface area contributed by atoms with Gasteiger partial charge in [-0.2, -0.15) is 0 Å². The zero-order chi connectivity index (χ0) is 27.5. The van der Waals surface area contributed by atoms with Crippen LogP contribution in [-0.4, -0.2) is 21.8 Å². The Morgan fingerprint density at radius 3 is 2.54 bits per heavy atom. The number of pyridine rings is 1. The van der Waals surface area contributed by atoms with E-state index in [4.69, 9.17) is 11.5 Å². The van der Waals surface area contributed by atoms with Gasteiger partial charge in [0.1, 0.15) is 11.6 Å². The third kappa shape index (κ3) is 5.77. The van der Waals surface area contributed by atoms with Crippen LogP contribution in [0, 0.1) is 11.6 Å². The number of aromatic nitrogens is 2. The summed E-state index contributed by atoms with van der Waals surface area (Å²) < 4.78 is 28.1. The zero-order valence-electron chi connectivity index (χ0n) is 20.7. The molecule has 5 aromatic rings. The zero-order valence-corrected chi connectivity index (χ0v) is 20.7. The van der Waals surface area contributed by atoms with Crippen molar-refractivity contribution < 1.29 is 18.4 Å². The van der Waals surface area contributed by atoms with Crippen LogP contribution in [0.5, 0.6) is 0 Å². The summed E-state index contributed by atoms with van der Waals surface area (Å²) in [6.45, 7) is 0. The lowest BCUT2D eigenvalue weighted by atomic mass is 9.94. The van der Waals surface area contributed by atoms with Crippen LogP contribution in [0.25, 0.3) is 22.0 Å². The Hall–Kier alpha value is -5.05. The number of nitrogens with two attached hydrogens (primary N) is 2. The van der Waals surface area contributed by atoms with E-state index in [1.165, 1.54) is 12.1 Å². The Morgan fingerprint density at radius 1 is 0.974 bits per heavy atom. The second kappa shape index (κ2) is 10.7. The number of nitrogens with zero attached hydrogens (tertiary/aromatic N) is 1. The molecule has 0 saturated carbocycles. The minimum atomic E-state index is -0.748. The monoisotopic (exact) mass is 525 g/mol. The summed E-state index contributed by atoms with van der Waals surface area (Å²) in [4.78, 5) is 32.8. The third-order valence-electron chi connectivity index (χ3n) is 6.47. The molecule has 1 atom stereocenters. The van der Waals surface area contributed by atoms with E-state index >= 15 is 0 Å². The van der Waals surface area contributed by atoms with Crippen molar-refractivity contribution in [2.75, 3.05) is 5.73 Å². The van der Waals surface area contributed by atoms with Gasteiger partial charge in [0.05, 0.1) is 18.2 Å². The number of halogens is 2. The lowest BCUT2D eigenvalue weighted by Crippen LogP contribution is -2.32. The molecule has 7 nitrogen and oxygen atoms in total. The van der Waals surface area contributed by atoms with E-state index in [2.05, 4.69) is 15.3 Å². The van der Waals surface area contributed by atoms with E-state index in [9.17, 15) is 18.4 Å². The highest BCUT2D eigenvalue weighted by Gasteiger charge is 2.22. The number of anilines is 1. The Bertz CT molecular complexity index is 1680. The first kappa shape index (κ1) is 25.6. The number of hydrogen-bond acceptors (Lipinski definition) is 4. The summed E-state index contributed by atoms with van der Waals surface area (Å²) in [5.74, 6) is -2.34. The summed E-state index contributed by atoms with van der Waals surface area (Å²) in [5.41, 5.74) is 16.0. The van der Waals surface area contributed by atoms with Gasteiger partial charge in [0.25, 0.3) is 0 Å². The van der Waals surface area contributed by atoms with Gasteiger partial charge in [-0.15, -0.1) is 0 Å². The summed E-state index contributed by atoms with van der Waals surface area (Å²) in [6.07, 6.45) is 3.43. The molecule has 2 aromatic heterocycles. The van der Waals surface area contributed by atoms with E-state index in [1.54, 1.807) is 60.9 Å². The summed E-state index contributed by atoms with van der Waals surface area (Å²) >= 11 is 0. The molecule has 6 N–H and O–H groups in total. The van der Waals surface area contributed by atoms with Crippen LogP contribution >= 0.6 is 0 Å². The number of benzene rings is 3. The molecule has 0 saturated heterocycles. The second-order valence-corrected chi connectivity index (χ2v) is 9.28. The molecule has 0 spiro atoms. The van der Waals surface area contributed by atoms with Gasteiger partial charge in [0.15, 0.2) is 0 Å². The number of amides is 2. The molecular formula is C30H25F2N5O2. The SMILES string of the molecule is NC(=O)c1cccc(-c2cccnc2[C@H](Cc2cc(F)cc(F)c2)NC(=O)Cc2c[nH]c3ccc(N)cc23)c1. The lowest BCUT2D eigenvalue weighted by Gasteiger charge is -2.22. The molecule has 0 fully saturated rings. The predicted molar refractivity (Wildman–Crippen MR) is 146 cm³/mol. The normalized spacial score (nSPS) is 11.8. The van der Waals surface area contributed by atoms with Gasteiger partial charge >= 0.3 is 0 Å². The molecule has 0 unspecified atom stereocenters. The largest absolute Gasteiger partial charge is 0.399 e. The number of rotatable bonds is 8. The van der Waals surface area contributed by atoms with Crippen molar-refractivity contribution in [3.8, 4) is 11.1 Å². The molecule has 5 rings (SSSR count). The number of aromatic amines is 1. The number of fused-ring (bicyclic) bond motifs is 1. The highest BCUT2D eigenvalue weighted by Crippen LogP contribution is 2.30. The van der Waals surface area contributed by atoms with E-state index in [0.717, 1.165) is 22.5 Å². The lowest BCUT2D eigenvalue weighted by molar-refractivity contribution is -0.121. The number of carbonyl (C=O) groups excluding carboxylic acids is 2. The first-order chi connectivity index (χ1) is 18.8. The van der Waals surface area contributed by atoms with Crippen LogP contribution in [-0.2, 0) is 17.6 Å². The molecule has 0 aliphatic rings. The molecule has 39 heavy (non-hydrogen) atoms. The van der Waals surface area contributed by atoms with Crippen LogP contribution in [0.15, 0.2) is 85.2 Å². The van der Waals surface area contributed by atoms with Crippen LogP contribution in [0.1, 0.15) is 33.2 Å². The minimum absolute atomic E-state index is 0.0385. The average Bonchev–Trinajstić information content (AvgIpc) is 3.29. The predicted octanol–water partition coefficient (Wildman–Crippen LogP) is 4.83. The van der Waals surface area contributed by atoms with Gasteiger partial charge in [0, 0.05) is 46.2 Å². The van der Waals surface area contributed by atoms with Gasteiger partial charge in [-0.05, 0) is 71.6 Å². The van der Waals surface area contributed by atoms with Crippen molar-refractivity contribution in [2.45, 2.75) is 18.9 Å². The summed E-state index contributed by atoms with van der Waals surface area (Å²) in [6, 6.07) is 18.2. The molecule has 0 radical (unpaired) electrons. The number of primary amides is 1. The van der Waals surface area contributed by atoms with Crippen LogP contribution in [0.2, 0.25) is 0 Å². The van der Waals surface area contributed by atoms with Gasteiger partial charge in [-0.1, -0.05) is 18.2 Å². The fourth-order valence-corrected chi connectivity index (χ4v) is 4.72. The van der Waals surface area contributed by atoms with Crippen molar-refractivity contribution in [1.29, 1.82) is 0 Å². The van der Waals surface area contributed by atoms with Gasteiger partial charge < -0.3 is 21.8 Å². The Morgan fingerprint density at radius 2 is 1.77 bits per heavy atom. The third-order valence-corrected chi connectivity index (χ3v) is 6.47. The van der Waals surface area contributed by atoms with Crippen molar-refractivity contribution in [3.05, 3.63) is 119 Å². The summed E-state index contributed by atoms with van der Waals surface area (Å²) in [5, 5.41) is 3.83. The minimum Gasteiger partial charge on any atom is -0.399 e. The number of nitrogen functional groups attached to an aromatic ring is 1. The molecule has 9 heteroatoms. The second-order valence-electron chi connectivity index (χ2n) is 9.28. The smallest absolute Gasteiger partial charge is 0.248 e. The number of H-pyrrole nitrogens is 1. The maximum absolute atomic E-state index is 14.0. The molecule has 2 amide bonds. The van der Waals surface area contributed by atoms with E-state index in [-0.39, 0.29) is 18.7 Å². The van der Waals surface area contributed by atoms with Crippen molar-refractivity contribution >= 4 is 28.4 Å². The van der Waals surface area contributed by atoms with Crippen molar-refractivity contribution in [1.82, 2.24) is 15.3 Å². The van der Waals surface area contributed by atoms with E-state index in [0.29, 0.717) is 33.6 Å². The van der Waals surface area contributed by atoms with E-state index < -0.39 is 23.6 Å². The first-order valence-corrected chi connectivity index (χ1v) is 12.2. The maximum Gasteiger partial charge on any atom is 0.248 e. The molecule has 2 heterocycles. The van der Waals surface area contributed by atoms with Crippen LogP contribution < -0.4 is 16.8 Å². The van der Waals surface area contributed by atoms with E-state index in [1.807, 2.05) is 6.07 Å². The van der Waals surface area contributed by atoms with Crippen molar-refractivity contribution in [3.63, 3.8) is 0 Å². The molecule has 3 aromatic carbocycles. The fourth-order valence-electron chi connectivity index (χ4n) is 4.72. The molecule has 0 aliphatic heterocycles. The van der Waals surface area contributed by atoms with Crippen LogP contribution in [0.3, 0.4) is 0 Å². The average molecular weight is 526 g/mol. The Balaban J connectivity index is 1.52. The van der Waals surface area contributed by atoms with Gasteiger partial charge in [0.2, 0.25) is 11.8 Å². The number of carbonyl (C=O) groups is 2. The fraction of sp³-hybridized carbons (Fsp3) is 0.100. The molecular weight excluding hydrogens is 500 g/mol. The highest BCUT2D eigenvalue weighted by atomic mass is 19.1. The number of hydrogen-bond donors (Lipinski definition) is 4. The molecule has 0 aliphatic carbocycles. The maximum atomic E-state index is 14.0. The topological polar surface area (TPSA) is 127 Å². The van der Waals surface area contributed by atoms with Crippen molar-refractivity contribution in [2.24, 2.45) is 5.73 Å². The van der Waals surface area contributed by atoms with Gasteiger partial charge in [-0.25, -0.2) is 8.78 Å². The quantitative estimate of drug-likeness (QED) is 0.216. The van der Waals surface area contributed by atoms with Crippen LogP contribution in [0.4, 0.5) is 14.5 Å². The Labute approximate surface area is 222 Å². The molecule has 196 valence electrons. The standard InChI is InChI=1S/C30H25F2N5O2/c31-21-9-17(10-22(32)14-21)11-27(37-28(38)13-20-16-36-26-7-6-23(33)15-25(20)26)29-24(5-2-8-35-29)18-3-1-4-19(12-18)30(34)39/h1-10,12,14-16,27,36H,11,13,33H2,(H2,34,39)(H,37,38)/t27-/m0/s1. The molecule has 0 bridgehead atoms. The van der Waals surface area contributed by atoms with Gasteiger partial charge in [-0.3, -0.25) is 14.6 Å². The Kier molecular flexibility index (Phi) is 7.05. The first-order valence-electron chi connectivity index (χ1n) is 12.2. The highest BCUT2D eigenvalue weighted by molar-refractivity contribution is 5.94. The summed E-state index contributed by atoms with van der Waals surface area (Å²) in [7, 11) is 0.